The monoisotopic (exact) mass is 332 g/mol. The third-order valence-electron chi connectivity index (χ3n) is 4.50. The number of aliphatic imine (C=N–C) groups is 1. The summed E-state index contributed by atoms with van der Waals surface area (Å²) in [5.74, 6) is 0.395. The lowest BCUT2D eigenvalue weighted by atomic mass is 10.1. The fraction of sp³-hybridized carbons (Fsp3) is 0.556. The van der Waals surface area contributed by atoms with Gasteiger partial charge in [0.25, 0.3) is 5.91 Å². The summed E-state index contributed by atoms with van der Waals surface area (Å²) in [4.78, 5) is 20.6. The highest BCUT2D eigenvalue weighted by atomic mass is 16.5. The first-order valence-electron chi connectivity index (χ1n) is 8.69. The highest BCUT2D eigenvalue weighted by Gasteiger charge is 2.33. The second kappa shape index (κ2) is 8.80. The minimum Gasteiger partial charge on any atom is -0.327 e. The van der Waals surface area contributed by atoms with Gasteiger partial charge in [0.15, 0.2) is 0 Å². The van der Waals surface area contributed by atoms with Gasteiger partial charge >= 0.3 is 0 Å². The van der Waals surface area contributed by atoms with Crippen molar-refractivity contribution in [1.82, 2.24) is 15.3 Å². The van der Waals surface area contributed by atoms with Crippen molar-refractivity contribution in [3.8, 4) is 0 Å². The number of nitrogens with zero attached hydrogens (tertiary/aromatic N) is 3. The van der Waals surface area contributed by atoms with Crippen LogP contribution in [0.5, 0.6) is 0 Å². The van der Waals surface area contributed by atoms with Crippen LogP contribution in [0.25, 0.3) is 0 Å². The van der Waals surface area contributed by atoms with E-state index < -0.39 is 5.91 Å². The Balaban J connectivity index is 2.02. The van der Waals surface area contributed by atoms with Gasteiger partial charge < -0.3 is 9.80 Å². The topological polar surface area (TPSA) is 68.2 Å². The average molecular weight is 332 g/mol. The summed E-state index contributed by atoms with van der Waals surface area (Å²) < 4.78 is 0. The van der Waals surface area contributed by atoms with Crippen molar-refractivity contribution in [3.63, 3.8) is 0 Å². The van der Waals surface area contributed by atoms with Crippen molar-refractivity contribution in [3.05, 3.63) is 36.1 Å². The third-order valence-corrected chi connectivity index (χ3v) is 4.50. The smallest absolute Gasteiger partial charge is 0.267 e. The van der Waals surface area contributed by atoms with E-state index in [9.17, 15) is 4.79 Å². The quantitative estimate of drug-likeness (QED) is 0.406. The molecule has 2 heterocycles. The second-order valence-corrected chi connectivity index (χ2v) is 6.22. The van der Waals surface area contributed by atoms with Crippen molar-refractivity contribution >= 4 is 11.7 Å². The number of hydroxylamine groups is 1. The highest BCUT2D eigenvalue weighted by Crippen LogP contribution is 2.24. The van der Waals surface area contributed by atoms with Crippen LogP contribution < -0.4 is 5.48 Å². The van der Waals surface area contributed by atoms with Gasteiger partial charge in [-0.3, -0.25) is 15.0 Å². The Hall–Kier alpha value is -1.92. The number of amides is 1. The van der Waals surface area contributed by atoms with E-state index in [0.29, 0.717) is 6.04 Å². The number of hydrogen-bond acceptors (Lipinski definition) is 5. The summed E-state index contributed by atoms with van der Waals surface area (Å²) in [6, 6.07) is 0.580. The minimum absolute atomic E-state index is 0.237. The number of carbonyl (C=O) groups excluding carboxylic acids is 1. The molecule has 0 bridgehead atoms. The van der Waals surface area contributed by atoms with Crippen LogP contribution in [0.15, 0.2) is 41.1 Å². The maximum Gasteiger partial charge on any atom is 0.267 e. The second-order valence-electron chi connectivity index (χ2n) is 6.22. The molecule has 2 aliphatic rings. The lowest BCUT2D eigenvalue weighted by Gasteiger charge is -2.32. The van der Waals surface area contributed by atoms with E-state index in [2.05, 4.69) is 30.6 Å². The van der Waals surface area contributed by atoms with E-state index in [-0.39, 0.29) is 6.04 Å². The van der Waals surface area contributed by atoms with Gasteiger partial charge in [-0.15, -0.1) is 0 Å². The molecular weight excluding hydrogens is 304 g/mol. The minimum atomic E-state index is -0.541. The van der Waals surface area contributed by atoms with Gasteiger partial charge in [0.2, 0.25) is 0 Å². The molecule has 0 radical (unpaired) electrons. The van der Waals surface area contributed by atoms with E-state index in [1.165, 1.54) is 18.9 Å². The molecule has 2 unspecified atom stereocenters. The molecule has 0 aromatic rings. The molecule has 0 aromatic carbocycles. The van der Waals surface area contributed by atoms with Crippen molar-refractivity contribution in [2.24, 2.45) is 4.99 Å². The van der Waals surface area contributed by atoms with Crippen LogP contribution in [0.4, 0.5) is 0 Å². The van der Waals surface area contributed by atoms with Crippen LogP contribution in [0, 0.1) is 0 Å². The summed E-state index contributed by atoms with van der Waals surface area (Å²) in [6.45, 7) is 9.76. The zero-order chi connectivity index (χ0) is 17.5. The molecule has 6 nitrogen and oxygen atoms in total. The maximum atomic E-state index is 11.1. The predicted octanol–water partition coefficient (Wildman–Crippen LogP) is 2.09. The molecule has 2 aliphatic heterocycles. The van der Waals surface area contributed by atoms with E-state index in [4.69, 9.17) is 10.2 Å². The molecular formula is C18H28N4O2. The molecule has 2 rings (SSSR count). The number of nitrogens with one attached hydrogen (secondary N) is 1. The Morgan fingerprint density at radius 3 is 2.96 bits per heavy atom. The zero-order valence-corrected chi connectivity index (χ0v) is 14.8. The summed E-state index contributed by atoms with van der Waals surface area (Å²) in [6.07, 6.45) is 11.4. The van der Waals surface area contributed by atoms with Gasteiger partial charge in [0.1, 0.15) is 5.84 Å². The molecule has 6 heteroatoms. The summed E-state index contributed by atoms with van der Waals surface area (Å²) in [5.41, 5.74) is 2.48. The zero-order valence-electron chi connectivity index (χ0n) is 14.8. The van der Waals surface area contributed by atoms with Crippen LogP contribution in [0.2, 0.25) is 0 Å². The molecule has 0 spiro atoms. The van der Waals surface area contributed by atoms with Gasteiger partial charge in [-0.05, 0) is 50.2 Å². The Labute approximate surface area is 144 Å². The molecule has 0 aliphatic carbocycles. The fourth-order valence-electron chi connectivity index (χ4n) is 3.00. The number of unbranched alkanes of at least 4 members (excludes halogenated alkanes) is 1. The van der Waals surface area contributed by atoms with Crippen molar-refractivity contribution in [2.75, 3.05) is 19.6 Å². The predicted molar refractivity (Wildman–Crippen MR) is 95.8 cm³/mol. The molecule has 0 aromatic heterocycles. The van der Waals surface area contributed by atoms with E-state index in [0.717, 1.165) is 31.0 Å². The van der Waals surface area contributed by atoms with Crippen molar-refractivity contribution in [2.45, 2.75) is 45.7 Å². The molecule has 0 fully saturated rings. The molecule has 1 amide bonds. The van der Waals surface area contributed by atoms with Crippen LogP contribution in [-0.2, 0) is 4.79 Å². The van der Waals surface area contributed by atoms with Crippen molar-refractivity contribution in [1.29, 1.82) is 0 Å². The molecule has 24 heavy (non-hydrogen) atoms. The van der Waals surface area contributed by atoms with Crippen LogP contribution in [0.1, 0.15) is 33.6 Å². The van der Waals surface area contributed by atoms with Gasteiger partial charge in [-0.25, -0.2) is 5.48 Å². The summed E-state index contributed by atoms with van der Waals surface area (Å²) in [5, 5.41) is 8.53. The van der Waals surface area contributed by atoms with Gasteiger partial charge in [-0.2, -0.15) is 0 Å². The Bertz CT molecular complexity index is 565. The molecule has 132 valence electrons. The molecule has 0 saturated carbocycles. The van der Waals surface area contributed by atoms with E-state index in [1.807, 2.05) is 18.4 Å². The Morgan fingerprint density at radius 2 is 2.29 bits per heavy atom. The third kappa shape index (κ3) is 4.55. The van der Waals surface area contributed by atoms with Crippen molar-refractivity contribution < 1.29 is 10.0 Å². The normalized spacial score (nSPS) is 22.8. The van der Waals surface area contributed by atoms with Gasteiger partial charge in [0, 0.05) is 18.8 Å². The molecule has 2 atom stereocenters. The van der Waals surface area contributed by atoms with Gasteiger partial charge in [0.05, 0.1) is 12.1 Å². The summed E-state index contributed by atoms with van der Waals surface area (Å²) in [7, 11) is 0. The number of carbonyl (C=O) groups is 1. The number of fused-ring (bicyclic) bond motifs is 1. The number of allylic oxidation sites excluding steroid dienone is 3. The van der Waals surface area contributed by atoms with Crippen LogP contribution in [0.3, 0.4) is 0 Å². The SMILES string of the molecule is CCCCN(CC)CC1C(C)N=C2C=C(/C=C/C(=O)NO)C=CN21. The first-order chi connectivity index (χ1) is 11.6. The maximum absolute atomic E-state index is 11.1. The average Bonchev–Trinajstić information content (AvgIpc) is 2.90. The van der Waals surface area contributed by atoms with E-state index in [1.54, 1.807) is 11.6 Å². The largest absolute Gasteiger partial charge is 0.327 e. The molecule has 0 saturated heterocycles. The number of rotatable bonds is 8. The fourth-order valence-corrected chi connectivity index (χ4v) is 3.00. The first-order valence-corrected chi connectivity index (χ1v) is 8.69. The lowest BCUT2D eigenvalue weighted by Crippen LogP contribution is -2.45. The Morgan fingerprint density at radius 1 is 1.50 bits per heavy atom. The van der Waals surface area contributed by atoms with E-state index >= 15 is 0 Å². The highest BCUT2D eigenvalue weighted by molar-refractivity contribution is 5.98. The first kappa shape index (κ1) is 18.4. The van der Waals surface area contributed by atoms with Gasteiger partial charge in [-0.1, -0.05) is 20.3 Å². The van der Waals surface area contributed by atoms with Crippen LogP contribution in [-0.4, -0.2) is 58.5 Å². The Kier molecular flexibility index (Phi) is 6.75. The standard InChI is InChI=1S/C18H28N4O2/c1-4-6-10-21(5-2)13-16-14(3)19-17-12-15(9-11-22(16)17)7-8-18(23)20-24/h7-9,11-12,14,16,24H,4-6,10,13H2,1-3H3,(H,20,23)/b8-7+. The number of amidine groups is 1. The van der Waals surface area contributed by atoms with Crippen LogP contribution >= 0.6 is 0 Å². The molecule has 2 N–H and O–H groups in total. The summed E-state index contributed by atoms with van der Waals surface area (Å²) >= 11 is 0. The lowest BCUT2D eigenvalue weighted by molar-refractivity contribution is -0.124. The number of likely N-dealkylation sites (N-methyl/N-ethyl adjacent to an activating group) is 1. The number of hydrogen-bond donors (Lipinski definition) is 2.